The van der Waals surface area contributed by atoms with Gasteiger partial charge in [0.2, 0.25) is 0 Å². The van der Waals surface area contributed by atoms with Crippen molar-refractivity contribution < 1.29 is 19.4 Å². The minimum Gasteiger partial charge on any atom is -0.497 e. The zero-order chi connectivity index (χ0) is 20.4. The van der Waals surface area contributed by atoms with E-state index in [1.807, 2.05) is 53.4 Å². The molecule has 0 unspecified atom stereocenters. The number of piperidine rings is 1. The predicted octanol–water partition coefficient (Wildman–Crippen LogP) is 4.11. The lowest BCUT2D eigenvalue weighted by Crippen LogP contribution is -2.49. The van der Waals surface area contributed by atoms with E-state index in [1.165, 1.54) is 4.90 Å². The highest BCUT2D eigenvalue weighted by Crippen LogP contribution is 2.33. The van der Waals surface area contributed by atoms with Crippen LogP contribution in [0.25, 0.3) is 11.1 Å². The number of hydrogen-bond donors (Lipinski definition) is 1. The molecule has 1 saturated carbocycles. The standard InChI is InChI=1S/C23H26N2O4/c1-29-21-10-6-17(7-11-21)16-2-4-18(5-3-16)22(26)25(19-8-9-19)20-12-14-24(15-13-20)23(27)28/h2-7,10-11,19-20H,8-9,12-15H2,1H3,(H,27,28). The van der Waals surface area contributed by atoms with Crippen molar-refractivity contribution in [2.75, 3.05) is 20.2 Å². The first-order valence-electron chi connectivity index (χ1n) is 10.1. The number of hydrogen-bond acceptors (Lipinski definition) is 3. The molecule has 0 aromatic heterocycles. The van der Waals surface area contributed by atoms with Gasteiger partial charge < -0.3 is 19.6 Å². The maximum absolute atomic E-state index is 13.3. The highest BCUT2D eigenvalue weighted by molar-refractivity contribution is 5.95. The maximum Gasteiger partial charge on any atom is 0.407 e. The summed E-state index contributed by atoms with van der Waals surface area (Å²) in [5.41, 5.74) is 2.82. The van der Waals surface area contributed by atoms with Crippen LogP contribution < -0.4 is 4.74 Å². The monoisotopic (exact) mass is 394 g/mol. The molecule has 0 spiro atoms. The molecule has 2 amide bonds. The van der Waals surface area contributed by atoms with E-state index in [1.54, 1.807) is 7.11 Å². The van der Waals surface area contributed by atoms with Crippen LogP contribution in [0.3, 0.4) is 0 Å². The summed E-state index contributed by atoms with van der Waals surface area (Å²) < 4.78 is 5.20. The van der Waals surface area contributed by atoms with Crippen LogP contribution in [0, 0.1) is 0 Å². The number of methoxy groups -OCH3 is 1. The molecule has 1 heterocycles. The lowest BCUT2D eigenvalue weighted by Gasteiger charge is -2.38. The number of nitrogens with zero attached hydrogens (tertiary/aromatic N) is 2. The van der Waals surface area contributed by atoms with Gasteiger partial charge in [0, 0.05) is 30.7 Å². The third kappa shape index (κ3) is 4.21. The number of amides is 2. The van der Waals surface area contributed by atoms with E-state index in [2.05, 4.69) is 0 Å². The molecule has 0 radical (unpaired) electrons. The summed E-state index contributed by atoms with van der Waals surface area (Å²) in [4.78, 5) is 27.9. The molecule has 2 aromatic carbocycles. The van der Waals surface area contributed by atoms with Crippen LogP contribution >= 0.6 is 0 Å². The SMILES string of the molecule is COc1ccc(-c2ccc(C(=O)N(C3CC3)C3CCN(C(=O)O)CC3)cc2)cc1. The fraction of sp³-hybridized carbons (Fsp3) is 0.391. The molecule has 1 aliphatic heterocycles. The lowest BCUT2D eigenvalue weighted by molar-refractivity contribution is 0.0551. The molecule has 2 fully saturated rings. The Morgan fingerprint density at radius 1 is 0.897 bits per heavy atom. The van der Waals surface area contributed by atoms with Crippen molar-refractivity contribution in [3.8, 4) is 16.9 Å². The van der Waals surface area contributed by atoms with E-state index < -0.39 is 6.09 Å². The minimum absolute atomic E-state index is 0.0579. The average molecular weight is 394 g/mol. The van der Waals surface area contributed by atoms with Crippen molar-refractivity contribution in [1.29, 1.82) is 0 Å². The summed E-state index contributed by atoms with van der Waals surface area (Å²) in [7, 11) is 1.65. The van der Waals surface area contributed by atoms with E-state index in [-0.39, 0.29) is 11.9 Å². The molecule has 1 saturated heterocycles. The molecule has 2 aliphatic rings. The van der Waals surface area contributed by atoms with E-state index in [9.17, 15) is 9.59 Å². The molecule has 152 valence electrons. The number of carbonyl (C=O) groups excluding carboxylic acids is 1. The molecule has 29 heavy (non-hydrogen) atoms. The van der Waals surface area contributed by atoms with Gasteiger partial charge in [0.15, 0.2) is 0 Å². The average Bonchev–Trinajstić information content (AvgIpc) is 3.59. The van der Waals surface area contributed by atoms with Crippen molar-refractivity contribution >= 4 is 12.0 Å². The highest BCUT2D eigenvalue weighted by atomic mass is 16.5. The lowest BCUT2D eigenvalue weighted by atomic mass is 10.0. The van der Waals surface area contributed by atoms with Gasteiger partial charge in [-0.1, -0.05) is 24.3 Å². The van der Waals surface area contributed by atoms with E-state index in [4.69, 9.17) is 9.84 Å². The van der Waals surface area contributed by atoms with Gasteiger partial charge in [0.05, 0.1) is 7.11 Å². The Bertz CT molecular complexity index is 867. The third-order valence-electron chi connectivity index (χ3n) is 5.86. The van der Waals surface area contributed by atoms with Crippen molar-refractivity contribution in [1.82, 2.24) is 9.80 Å². The zero-order valence-electron chi connectivity index (χ0n) is 16.6. The molecule has 2 aromatic rings. The fourth-order valence-electron chi connectivity index (χ4n) is 4.06. The molecule has 1 aliphatic carbocycles. The second-order valence-electron chi connectivity index (χ2n) is 7.75. The number of rotatable bonds is 5. The highest BCUT2D eigenvalue weighted by Gasteiger charge is 2.39. The summed E-state index contributed by atoms with van der Waals surface area (Å²) in [6, 6.07) is 16.0. The number of carboxylic acid groups (broad SMARTS) is 1. The van der Waals surface area contributed by atoms with Crippen molar-refractivity contribution in [3.05, 3.63) is 54.1 Å². The fourth-order valence-corrected chi connectivity index (χ4v) is 4.06. The Morgan fingerprint density at radius 3 is 1.90 bits per heavy atom. The van der Waals surface area contributed by atoms with Gasteiger partial charge in [-0.25, -0.2) is 4.79 Å². The van der Waals surface area contributed by atoms with E-state index in [0.717, 1.165) is 29.7 Å². The predicted molar refractivity (Wildman–Crippen MR) is 110 cm³/mol. The van der Waals surface area contributed by atoms with Gasteiger partial charge >= 0.3 is 6.09 Å². The Morgan fingerprint density at radius 2 is 1.41 bits per heavy atom. The number of carbonyl (C=O) groups is 2. The third-order valence-corrected chi connectivity index (χ3v) is 5.86. The molecular formula is C23H26N2O4. The van der Waals surface area contributed by atoms with Crippen molar-refractivity contribution in [3.63, 3.8) is 0 Å². The summed E-state index contributed by atoms with van der Waals surface area (Å²) in [5, 5.41) is 9.16. The zero-order valence-corrected chi connectivity index (χ0v) is 16.6. The number of benzene rings is 2. The molecule has 0 bridgehead atoms. The molecular weight excluding hydrogens is 368 g/mol. The quantitative estimate of drug-likeness (QED) is 0.829. The summed E-state index contributed by atoms with van der Waals surface area (Å²) in [6.45, 7) is 0.986. The first-order chi connectivity index (χ1) is 14.1. The van der Waals surface area contributed by atoms with Crippen LogP contribution in [0.5, 0.6) is 5.75 Å². The van der Waals surface area contributed by atoms with Crippen LogP contribution in [-0.4, -0.2) is 59.2 Å². The second-order valence-corrected chi connectivity index (χ2v) is 7.75. The van der Waals surface area contributed by atoms with Crippen LogP contribution in [0.1, 0.15) is 36.0 Å². The smallest absolute Gasteiger partial charge is 0.407 e. The molecule has 6 heteroatoms. The second kappa shape index (κ2) is 8.15. The maximum atomic E-state index is 13.3. The topological polar surface area (TPSA) is 70.1 Å². The van der Waals surface area contributed by atoms with Crippen LogP contribution in [0.4, 0.5) is 4.79 Å². The van der Waals surface area contributed by atoms with Gasteiger partial charge in [0.25, 0.3) is 5.91 Å². The summed E-state index contributed by atoms with van der Waals surface area (Å²) >= 11 is 0. The number of likely N-dealkylation sites (tertiary alicyclic amines) is 1. The largest absolute Gasteiger partial charge is 0.497 e. The normalized spacial score (nSPS) is 17.1. The Kier molecular flexibility index (Phi) is 5.43. The summed E-state index contributed by atoms with van der Waals surface area (Å²) in [6.07, 6.45) is 2.61. The van der Waals surface area contributed by atoms with Gasteiger partial charge in [-0.2, -0.15) is 0 Å². The van der Waals surface area contributed by atoms with E-state index >= 15 is 0 Å². The van der Waals surface area contributed by atoms with Crippen LogP contribution in [0.15, 0.2) is 48.5 Å². The van der Waals surface area contributed by atoms with Crippen molar-refractivity contribution in [2.24, 2.45) is 0 Å². The van der Waals surface area contributed by atoms with Gasteiger partial charge in [-0.05, 0) is 61.1 Å². The first-order valence-corrected chi connectivity index (χ1v) is 10.1. The molecule has 0 atom stereocenters. The summed E-state index contributed by atoms with van der Waals surface area (Å²) in [5.74, 6) is 0.872. The Labute approximate surface area is 170 Å². The van der Waals surface area contributed by atoms with Crippen molar-refractivity contribution in [2.45, 2.75) is 37.8 Å². The van der Waals surface area contributed by atoms with Gasteiger partial charge in [-0.3, -0.25) is 4.79 Å². The number of ether oxygens (including phenoxy) is 1. The Balaban J connectivity index is 1.47. The molecule has 4 rings (SSSR count). The van der Waals surface area contributed by atoms with Crippen LogP contribution in [-0.2, 0) is 0 Å². The van der Waals surface area contributed by atoms with Crippen LogP contribution in [0.2, 0.25) is 0 Å². The van der Waals surface area contributed by atoms with Gasteiger partial charge in [0.1, 0.15) is 5.75 Å². The first kappa shape index (κ1) is 19.3. The Hall–Kier alpha value is -3.02. The minimum atomic E-state index is -0.873. The van der Waals surface area contributed by atoms with Gasteiger partial charge in [-0.15, -0.1) is 0 Å². The molecule has 1 N–H and O–H groups in total. The molecule has 6 nitrogen and oxygen atoms in total. The van der Waals surface area contributed by atoms with E-state index in [0.29, 0.717) is 37.5 Å².